The van der Waals surface area contributed by atoms with Gasteiger partial charge in [0.05, 0.1) is 65.6 Å². The van der Waals surface area contributed by atoms with E-state index in [2.05, 4.69) is 155 Å². The summed E-state index contributed by atoms with van der Waals surface area (Å²) in [5, 5.41) is 42.1. The average Bonchev–Trinajstić information content (AvgIpc) is 0.807. The Hall–Kier alpha value is -8.84. The number of anilines is 4. The molecule has 12 aromatic rings. The third kappa shape index (κ3) is 40.2. The summed E-state index contributed by atoms with van der Waals surface area (Å²) in [7, 11) is 1.59. The van der Waals surface area contributed by atoms with Gasteiger partial charge in [-0.2, -0.15) is 0 Å². The fraction of sp³-hybridized carbons (Fsp3) is 0.0986. The number of hydrogen-bond donors (Lipinski definition) is 12. The Morgan fingerprint density at radius 1 is 0.575 bits per heavy atom. The quantitative estimate of drug-likeness (QED) is 0.0168. The summed E-state index contributed by atoms with van der Waals surface area (Å²) in [6.07, 6.45) is 7.40. The Labute approximate surface area is 750 Å². The zero-order valence-electron chi connectivity index (χ0n) is 61.0. The van der Waals surface area contributed by atoms with Gasteiger partial charge in [0.1, 0.15) is 52.2 Å². The standard InChI is InChI=1S/C15H10ClFN2O.C8H3BrClFN2.C8H4BrFN2O.C7H9BO3.C7H5BrFNO2.C7H7BrFNO.C7H5BrFNO.C7H6FNO2.C4H8O.CH4N2O.B.Cl3OP.Mn.2O/c1-20-13-5-3-2-4-11(13)12-7-10(17)6-9-8-18-15(16)19-14(9)12;9-6-2-5(11)1-4-3-12-8(10)13-7(4)6;9-6-2-5(10)1-4-3-11-8(13)12-7(4)6;1-11-7-5-3-2-4-6(7)8(9)10;8-5-2-3(9)1-4(6(5)10)7(11)12;2*8-6-2-5(9)1-4(3-11)7(6)10;8-4-1-2-6(9)5(3-4)7(10)11;1-2-4-5-3-1;2-1(3)4;;1-5(2,3)4;;;/h2-8H,1H3;1-3H;1-3H,(H,11,12,13);2-5,9-10H,1H3;1-2H,10H2,(H,11,12);1-2,11H,3,10H2;1-3H,10H2;1-3H,9H2,(H,10,11);1-4H2;(H4,2,3,4);;;;;. The average molecular weight is 2160 g/mol. The molecule has 13 rings (SSSR count). The van der Waals surface area contributed by atoms with Gasteiger partial charge in [0.25, 0.3) is 0 Å². The van der Waals surface area contributed by atoms with Crippen LogP contribution in [-0.2, 0) is 38.4 Å². The monoisotopic (exact) mass is 2150 g/mol. The van der Waals surface area contributed by atoms with Crippen LogP contribution in [0.25, 0.3) is 43.8 Å². The molecular weight excluding hydrogens is 2090 g/mol. The number of urea groups is 1. The van der Waals surface area contributed by atoms with Crippen LogP contribution in [0, 0.1) is 40.7 Å². The fourth-order valence-corrected chi connectivity index (χ4v) is 11.3. The van der Waals surface area contributed by atoms with Crippen LogP contribution in [0.5, 0.6) is 11.5 Å². The van der Waals surface area contributed by atoms with Gasteiger partial charge in [-0.3, -0.25) is 9.36 Å². The van der Waals surface area contributed by atoms with Gasteiger partial charge in [0.2, 0.25) is 10.6 Å². The second-order valence-corrected chi connectivity index (χ2v) is 33.6. The molecule has 2 amide bonds. The van der Waals surface area contributed by atoms with E-state index >= 15 is 0 Å². The number of aromatic nitrogens is 6. The molecule has 3 aromatic heterocycles. The van der Waals surface area contributed by atoms with E-state index in [1.54, 1.807) is 31.4 Å². The van der Waals surface area contributed by atoms with E-state index in [0.29, 0.717) is 90.7 Å². The van der Waals surface area contributed by atoms with E-state index in [4.69, 9.17) is 98.2 Å². The predicted molar refractivity (Wildman–Crippen MR) is 459 cm³/mol. The van der Waals surface area contributed by atoms with Crippen LogP contribution in [0.1, 0.15) is 49.5 Å². The van der Waals surface area contributed by atoms with Crippen molar-refractivity contribution in [1.29, 1.82) is 0 Å². The number of aromatic amines is 1. The third-order valence-electron chi connectivity index (χ3n) is 13.6. The van der Waals surface area contributed by atoms with Crippen molar-refractivity contribution in [1.82, 2.24) is 29.9 Å². The number of primary amides is 2. The summed E-state index contributed by atoms with van der Waals surface area (Å²) >= 11 is 39.2. The van der Waals surface area contributed by atoms with Crippen molar-refractivity contribution >= 4 is 242 Å². The van der Waals surface area contributed by atoms with E-state index in [1.807, 2.05) is 24.3 Å². The zero-order chi connectivity index (χ0) is 90.1. The molecule has 1 aliphatic heterocycles. The van der Waals surface area contributed by atoms with E-state index in [9.17, 15) is 54.5 Å². The third-order valence-corrected chi connectivity index (χ3v) is 17.2. The number of aliphatic hydroxyl groups excluding tert-OH is 1. The molecule has 120 heavy (non-hydrogen) atoms. The Morgan fingerprint density at radius 3 is 1.47 bits per heavy atom. The summed E-state index contributed by atoms with van der Waals surface area (Å²) < 4.78 is 133. The number of aliphatic hydroxyl groups is 1. The number of H-pyrrole nitrogens is 1. The van der Waals surface area contributed by atoms with Crippen molar-refractivity contribution in [2.45, 2.75) is 19.4 Å². The number of rotatable bonds is 8. The van der Waals surface area contributed by atoms with Crippen molar-refractivity contribution in [3.8, 4) is 22.6 Å². The molecule has 1 fully saturated rings. The summed E-state index contributed by atoms with van der Waals surface area (Å²) in [5.74, 6) is -4.50. The number of carboxylic acids is 2. The minimum absolute atomic E-state index is 0. The van der Waals surface area contributed by atoms with Gasteiger partial charge in [0, 0.05) is 112 Å². The van der Waals surface area contributed by atoms with Crippen molar-refractivity contribution in [2.75, 3.05) is 50.4 Å². The Kier molecular flexibility index (Phi) is 50.9. The number of methoxy groups -OCH3 is 2. The number of amides is 2. The number of carbonyl (C=O) groups is 4. The van der Waals surface area contributed by atoms with E-state index in [0.717, 1.165) is 49.1 Å². The number of carboxylic acid groups (broad SMARTS) is 2. The van der Waals surface area contributed by atoms with Gasteiger partial charge < -0.3 is 79.0 Å². The van der Waals surface area contributed by atoms with Crippen LogP contribution in [0.2, 0.25) is 10.6 Å². The first-order valence-electron chi connectivity index (χ1n) is 31.7. The van der Waals surface area contributed by atoms with Crippen molar-refractivity contribution in [2.24, 2.45) is 11.5 Å². The molecule has 28 nitrogen and oxygen atoms in total. The number of carbonyl (C=O) groups excluding carboxylic acids is 2. The summed E-state index contributed by atoms with van der Waals surface area (Å²) in [6, 6.07) is 31.4. The second-order valence-electron chi connectivity index (χ2n) is 21.9. The minimum atomic E-state index is -3.22. The number of ether oxygens (including phenoxy) is 3. The zero-order valence-corrected chi connectivity index (χ0v) is 74.7. The van der Waals surface area contributed by atoms with Crippen LogP contribution < -0.4 is 55.0 Å². The molecule has 1 aliphatic rings. The number of para-hydroxylation sites is 2. The molecular formula is C71H61B2Br5Cl5F7MnN12O16P. The number of aldehydes is 1. The molecule has 0 unspecified atom stereocenters. The predicted octanol–water partition coefficient (Wildman–Crippen LogP) is 17.1. The molecule has 0 bridgehead atoms. The maximum absolute atomic E-state index is 13.8. The van der Waals surface area contributed by atoms with E-state index in [1.165, 1.54) is 99.2 Å². The van der Waals surface area contributed by atoms with Gasteiger partial charge in [-0.05, 0) is 253 Å². The van der Waals surface area contributed by atoms with Gasteiger partial charge in [-0.25, -0.2) is 74.8 Å². The Bertz CT molecular complexity index is 5620. The molecule has 0 saturated carbocycles. The number of nitrogens with two attached hydrogens (primary N) is 6. The molecule has 4 heterocycles. The van der Waals surface area contributed by atoms with Crippen LogP contribution in [0.15, 0.2) is 185 Å². The molecule has 0 aliphatic carbocycles. The van der Waals surface area contributed by atoms with Crippen LogP contribution in [0.3, 0.4) is 0 Å². The summed E-state index contributed by atoms with van der Waals surface area (Å²) in [4.78, 5) is 72.7. The Morgan fingerprint density at radius 2 is 0.992 bits per heavy atom. The number of aromatic carboxylic acids is 2. The van der Waals surface area contributed by atoms with E-state index in [-0.39, 0.29) is 81.3 Å². The SMILES string of the molecule is C1CCOC1.COc1ccccc1-c1cc(F)cc2cnc(Cl)nc12.COc1ccccc1B(O)O.Fc1cc(Br)c2nc(Cl)ncc2c1.NC(N)=O.Nc1c(Br)cc(F)cc1C(=O)O.Nc1c(Br)cc(F)cc1C=O.Nc1c(Br)cc(F)cc1CO.Nc1ccc(F)cc1C(=O)O.O=P(Cl)(Cl)Cl.O=c1ncc2cc(F)cc(Br)c2[nH]1.[B].[O]=[Mn]=[O]. The molecule has 3 radical (unpaired) electrons. The summed E-state index contributed by atoms with van der Waals surface area (Å²) in [6.45, 7) is 1.75. The molecule has 0 spiro atoms. The van der Waals surface area contributed by atoms with Crippen molar-refractivity contribution < 1.29 is 117 Å². The van der Waals surface area contributed by atoms with Crippen LogP contribution >= 0.6 is 142 Å². The maximum atomic E-state index is 13.8. The normalized spacial score (nSPS) is 10.4. The molecule has 9 aromatic carbocycles. The number of fused-ring (bicyclic) bond motifs is 3. The number of benzene rings is 9. The molecule has 638 valence electrons. The second kappa shape index (κ2) is 56.0. The van der Waals surface area contributed by atoms with Gasteiger partial charge >= 0.3 is 58.5 Å². The van der Waals surface area contributed by atoms with Crippen molar-refractivity contribution in [3.05, 3.63) is 265 Å². The first kappa shape index (κ1) is 109. The number of nitrogen functional groups attached to an aromatic ring is 4. The van der Waals surface area contributed by atoms with Gasteiger partial charge in [-0.15, -0.1) is 0 Å². The van der Waals surface area contributed by atoms with E-state index < -0.39 is 74.1 Å². The molecule has 1 saturated heterocycles. The number of nitrogens with zero attached hydrogens (tertiary/aromatic N) is 5. The van der Waals surface area contributed by atoms with Gasteiger partial charge in [-0.1, -0.05) is 36.4 Å². The number of hydrogen-bond acceptors (Lipinski definition) is 23. The molecule has 49 heteroatoms. The first-order chi connectivity index (χ1) is 55.8. The Balaban J connectivity index is 0.000000671. The van der Waals surface area contributed by atoms with Crippen LogP contribution in [-0.4, -0.2) is 122 Å². The van der Waals surface area contributed by atoms with Gasteiger partial charge in [0.15, 0.2) is 6.29 Å². The topological polar surface area (TPSA) is 502 Å². The summed E-state index contributed by atoms with van der Waals surface area (Å²) in [5.41, 5.74) is 34.0. The molecule has 18 N–H and O–H groups in total. The van der Waals surface area contributed by atoms with Crippen LogP contribution in [0.4, 0.5) is 58.3 Å². The first-order valence-corrected chi connectivity index (χ1v) is 41.8. The van der Waals surface area contributed by atoms with Crippen molar-refractivity contribution in [3.63, 3.8) is 0 Å². The fourth-order valence-electron chi connectivity index (χ4n) is 8.64. The number of nitrogens with one attached hydrogen (secondary N) is 1. The number of halogens is 17. The molecule has 0 atom stereocenters.